The smallest absolute Gasteiger partial charge is 0.172 e. The van der Waals surface area contributed by atoms with Crippen molar-refractivity contribution in [2.45, 2.75) is 11.8 Å². The van der Waals surface area contributed by atoms with Crippen LogP contribution >= 0.6 is 0 Å². The lowest BCUT2D eigenvalue weighted by Crippen LogP contribution is -2.33. The average Bonchev–Trinajstić information content (AvgIpc) is 3.33. The van der Waals surface area contributed by atoms with Gasteiger partial charge >= 0.3 is 0 Å². The van der Waals surface area contributed by atoms with Gasteiger partial charge in [-0.25, -0.2) is 0 Å². The minimum Gasteiger partial charge on any atom is -0.293 e. The fourth-order valence-electron chi connectivity index (χ4n) is 11.7. The van der Waals surface area contributed by atoms with Crippen molar-refractivity contribution in [2.24, 2.45) is 0 Å². The van der Waals surface area contributed by atoms with Gasteiger partial charge in [-0.2, -0.15) is 0 Å². The quantitative estimate of drug-likeness (QED) is 0.155. The van der Waals surface area contributed by atoms with Crippen LogP contribution in [0.3, 0.4) is 0 Å². The van der Waals surface area contributed by atoms with Crippen LogP contribution in [0.2, 0.25) is 0 Å². The molecule has 0 aromatic heterocycles. The van der Waals surface area contributed by atoms with Crippen LogP contribution in [0, 0.1) is 0 Å². The first-order valence-electron chi connectivity index (χ1n) is 21.5. The maximum absolute atomic E-state index is 16.0. The number of carbonyl (C=O) groups excluding carboxylic acids is 2. The molecule has 12 aromatic rings. The molecule has 2 aliphatic rings. The van der Waals surface area contributed by atoms with Gasteiger partial charge in [0.25, 0.3) is 0 Å². The van der Waals surface area contributed by atoms with Crippen molar-refractivity contribution < 1.29 is 9.59 Å². The van der Waals surface area contributed by atoms with Gasteiger partial charge in [-0.1, -0.05) is 194 Å². The average molecular weight is 787 g/mol. The van der Waals surface area contributed by atoms with E-state index in [9.17, 15) is 0 Å². The highest BCUT2D eigenvalue weighted by Gasteiger charge is 2.47. The molecule has 286 valence electrons. The Morgan fingerprint density at radius 2 is 0.516 bits per heavy atom. The van der Waals surface area contributed by atoms with Gasteiger partial charge in [0.1, 0.15) is 0 Å². The Morgan fingerprint density at radius 3 is 0.919 bits per heavy atom. The summed E-state index contributed by atoms with van der Waals surface area (Å²) in [4.78, 5) is 32.1. The summed E-state index contributed by atoms with van der Waals surface area (Å²) in [7, 11) is 0. The number of hydrogen-bond acceptors (Lipinski definition) is 2. The number of ketones is 2. The Bertz CT molecular complexity index is 3760. The molecule has 0 saturated carbocycles. The van der Waals surface area contributed by atoms with Crippen LogP contribution < -0.4 is 0 Å². The van der Waals surface area contributed by atoms with Gasteiger partial charge in [-0.15, -0.1) is 0 Å². The molecule has 0 fully saturated rings. The van der Waals surface area contributed by atoms with Crippen LogP contribution in [0.4, 0.5) is 0 Å². The molecule has 2 nitrogen and oxygen atoms in total. The lowest BCUT2D eigenvalue weighted by atomic mass is 9.63. The van der Waals surface area contributed by atoms with E-state index in [1.807, 2.05) is 36.4 Å². The Balaban J connectivity index is 1.20. The third-order valence-corrected chi connectivity index (χ3v) is 14.3. The van der Waals surface area contributed by atoms with Gasteiger partial charge in [0.15, 0.2) is 11.6 Å². The number of rotatable bonds is 1. The maximum Gasteiger partial charge on any atom is 0.172 e. The molecule has 62 heavy (non-hydrogen) atoms. The monoisotopic (exact) mass is 786 g/mol. The predicted molar refractivity (Wildman–Crippen MR) is 258 cm³/mol. The van der Waals surface area contributed by atoms with Crippen LogP contribution in [0.5, 0.6) is 0 Å². The second kappa shape index (κ2) is 12.3. The van der Waals surface area contributed by atoms with Gasteiger partial charge in [-0.05, 0) is 120 Å². The van der Waals surface area contributed by atoms with Gasteiger partial charge in [0.05, 0.1) is 11.8 Å². The fourth-order valence-corrected chi connectivity index (χ4v) is 11.7. The molecule has 2 atom stereocenters. The Hall–Kier alpha value is -7.94. The number of carbonyl (C=O) groups is 2. The molecule has 0 N–H and O–H groups in total. The molecule has 0 heterocycles. The van der Waals surface area contributed by atoms with E-state index in [4.69, 9.17) is 0 Å². The largest absolute Gasteiger partial charge is 0.293 e. The minimum atomic E-state index is -0.813. The summed E-state index contributed by atoms with van der Waals surface area (Å²) in [5.74, 6) is -1.66. The second-order valence-corrected chi connectivity index (χ2v) is 17.3. The van der Waals surface area contributed by atoms with Crippen molar-refractivity contribution in [3.05, 3.63) is 216 Å². The summed E-state index contributed by atoms with van der Waals surface area (Å²) in [5, 5.41) is 17.9. The van der Waals surface area contributed by atoms with Crippen molar-refractivity contribution in [1.29, 1.82) is 0 Å². The van der Waals surface area contributed by atoms with Crippen LogP contribution in [0.25, 0.3) is 108 Å². The number of Topliss-reactive ketones (excluding diaryl/α,β-unsaturated/α-hetero) is 2. The number of benzene rings is 12. The molecular formula is C60H34O2. The molecule has 0 bridgehead atoms. The summed E-state index contributed by atoms with van der Waals surface area (Å²) in [5.41, 5.74) is 7.05. The summed E-state index contributed by atoms with van der Waals surface area (Å²) in [6.45, 7) is 0. The number of hydrogen-bond donors (Lipinski definition) is 0. The van der Waals surface area contributed by atoms with Crippen LogP contribution in [0.1, 0.15) is 43.7 Å². The van der Waals surface area contributed by atoms with Gasteiger partial charge < -0.3 is 0 Å². The zero-order valence-electron chi connectivity index (χ0n) is 33.4. The topological polar surface area (TPSA) is 34.1 Å². The van der Waals surface area contributed by atoms with Crippen molar-refractivity contribution in [3.63, 3.8) is 0 Å². The van der Waals surface area contributed by atoms with E-state index in [-0.39, 0.29) is 11.6 Å². The molecule has 0 spiro atoms. The highest BCUT2D eigenvalue weighted by atomic mass is 16.1. The third-order valence-electron chi connectivity index (χ3n) is 14.3. The molecule has 2 aliphatic carbocycles. The SMILES string of the molecule is O=C1c2ccccc2-c2ccc3ccc4ccc5ccc6ccccc6c5c4c3c2[C@@H]1[C@H]1C(=O)c2ccccc2-c2ccc3ccc4ccc5ccc6ccccc6c5c4c3c21. The van der Waals surface area contributed by atoms with Crippen LogP contribution in [-0.2, 0) is 0 Å². The van der Waals surface area contributed by atoms with Crippen LogP contribution in [0.15, 0.2) is 194 Å². The first-order chi connectivity index (χ1) is 30.6. The number of fused-ring (bicyclic) bond motifs is 22. The summed E-state index contributed by atoms with van der Waals surface area (Å²) < 4.78 is 0. The van der Waals surface area contributed by atoms with E-state index in [2.05, 4.69) is 158 Å². The van der Waals surface area contributed by atoms with E-state index in [0.717, 1.165) is 87.2 Å². The predicted octanol–water partition coefficient (Wildman–Crippen LogP) is 15.5. The molecule has 0 unspecified atom stereocenters. The third kappa shape index (κ3) is 4.38. The minimum absolute atomic E-state index is 0.0149. The molecule has 0 amide bonds. The lowest BCUT2D eigenvalue weighted by Gasteiger charge is -2.37. The maximum atomic E-state index is 16.0. The second-order valence-electron chi connectivity index (χ2n) is 17.3. The summed E-state index contributed by atoms with van der Waals surface area (Å²) >= 11 is 0. The van der Waals surface area contributed by atoms with Crippen LogP contribution in [-0.4, -0.2) is 11.6 Å². The fraction of sp³-hybridized carbons (Fsp3) is 0.0333. The Kier molecular flexibility index (Phi) is 6.72. The van der Waals surface area contributed by atoms with Crippen molar-refractivity contribution in [3.8, 4) is 22.3 Å². The zero-order valence-corrected chi connectivity index (χ0v) is 33.4. The first-order valence-corrected chi connectivity index (χ1v) is 21.5. The molecule has 2 heteroatoms. The lowest BCUT2D eigenvalue weighted by molar-refractivity contribution is 0.0865. The first kappa shape index (κ1) is 33.8. The summed E-state index contributed by atoms with van der Waals surface area (Å²) in [6, 6.07) is 68.6. The standard InChI is InChI=1S/C60H34O2/c61-59-47-15-7-5-13-43(47)45-31-29-39-27-25-37-23-21-35-19-17-33-9-1-3-11-41(33)49(35)51(37)53(39)55(45)57(59)58-56-46(44-14-6-8-16-48(44)60(58)62)32-30-40-28-26-38-24-22-36-20-18-34-10-2-4-12-42(34)50(36)52(38)54(40)56/h1-32,57-58H/t57-,58+. The normalized spacial score (nSPS) is 15.8. The highest BCUT2D eigenvalue weighted by molar-refractivity contribution is 6.33. The van der Waals surface area contributed by atoms with E-state index < -0.39 is 11.8 Å². The van der Waals surface area contributed by atoms with Crippen molar-refractivity contribution >= 4 is 97.7 Å². The van der Waals surface area contributed by atoms with Gasteiger partial charge in [-0.3, -0.25) is 9.59 Å². The van der Waals surface area contributed by atoms with Crippen molar-refractivity contribution in [1.82, 2.24) is 0 Å². The van der Waals surface area contributed by atoms with Crippen molar-refractivity contribution in [2.75, 3.05) is 0 Å². The van der Waals surface area contributed by atoms with Gasteiger partial charge in [0, 0.05) is 11.1 Å². The zero-order chi connectivity index (χ0) is 40.8. The highest BCUT2D eigenvalue weighted by Crippen LogP contribution is 2.57. The molecule has 0 radical (unpaired) electrons. The summed E-state index contributed by atoms with van der Waals surface area (Å²) in [6.07, 6.45) is 0. The molecule has 12 aromatic carbocycles. The van der Waals surface area contributed by atoms with E-state index in [1.165, 1.54) is 32.3 Å². The molecule has 14 rings (SSSR count). The Morgan fingerprint density at radius 1 is 0.226 bits per heavy atom. The Labute approximate surface area is 356 Å². The van der Waals surface area contributed by atoms with E-state index >= 15 is 9.59 Å². The molecule has 0 saturated heterocycles. The van der Waals surface area contributed by atoms with E-state index in [1.54, 1.807) is 0 Å². The van der Waals surface area contributed by atoms with E-state index in [0.29, 0.717) is 11.1 Å². The molecule has 0 aliphatic heterocycles. The van der Waals surface area contributed by atoms with Gasteiger partial charge in [0.2, 0.25) is 0 Å². The molecular weight excluding hydrogens is 753 g/mol.